The van der Waals surface area contributed by atoms with Crippen molar-refractivity contribution in [3.05, 3.63) is 35.0 Å². The summed E-state index contributed by atoms with van der Waals surface area (Å²) in [7, 11) is 0. The van der Waals surface area contributed by atoms with Crippen LogP contribution in [0.2, 0.25) is 0 Å². The predicted molar refractivity (Wildman–Crippen MR) is 79.6 cm³/mol. The Balaban J connectivity index is 1.93. The van der Waals surface area contributed by atoms with E-state index < -0.39 is 0 Å². The lowest BCUT2D eigenvalue weighted by atomic mass is 10.1. The zero-order valence-corrected chi connectivity index (χ0v) is 12.3. The van der Waals surface area contributed by atoms with Crippen molar-refractivity contribution >= 4 is 17.4 Å². The molecule has 1 aromatic carbocycles. The van der Waals surface area contributed by atoms with Crippen molar-refractivity contribution in [1.82, 2.24) is 9.78 Å². The number of hydrogen-bond donors (Lipinski definition) is 1. The Bertz CT molecular complexity index is 616. The summed E-state index contributed by atoms with van der Waals surface area (Å²) in [6.07, 6.45) is 3.73. The number of aromatic nitrogens is 2. The molecule has 0 fully saturated rings. The molecule has 0 amide bonds. The van der Waals surface area contributed by atoms with Crippen molar-refractivity contribution in [1.29, 1.82) is 0 Å². The fourth-order valence-electron chi connectivity index (χ4n) is 2.62. The van der Waals surface area contributed by atoms with Gasteiger partial charge in [-0.15, -0.1) is 0 Å². The first kappa shape index (κ1) is 12.6. The lowest BCUT2D eigenvalue weighted by molar-refractivity contribution is 0.602. The Hall–Kier alpha value is -1.42. The maximum absolute atomic E-state index is 6.14. The maximum Gasteiger partial charge on any atom is 0.122 e. The highest BCUT2D eigenvalue weighted by Gasteiger charge is 2.15. The van der Waals surface area contributed by atoms with Crippen LogP contribution in [0.15, 0.2) is 28.1 Å². The summed E-state index contributed by atoms with van der Waals surface area (Å²) < 4.78 is 1.99. The number of nitrogens with zero attached hydrogens (tertiary/aromatic N) is 2. The van der Waals surface area contributed by atoms with Crippen LogP contribution in [-0.2, 0) is 19.4 Å². The lowest BCUT2D eigenvalue weighted by Crippen LogP contribution is -1.99. The smallest absolute Gasteiger partial charge is 0.122 e. The number of rotatable bonds is 3. The molecule has 0 unspecified atom stereocenters. The van der Waals surface area contributed by atoms with Crippen molar-refractivity contribution in [3.63, 3.8) is 0 Å². The van der Waals surface area contributed by atoms with E-state index in [-0.39, 0.29) is 0 Å². The fourth-order valence-corrected chi connectivity index (χ4v) is 3.71. The van der Waals surface area contributed by atoms with E-state index in [2.05, 4.69) is 30.2 Å². The van der Waals surface area contributed by atoms with Crippen LogP contribution in [0.5, 0.6) is 0 Å². The maximum atomic E-state index is 6.14. The minimum atomic E-state index is 0.812. The van der Waals surface area contributed by atoms with Gasteiger partial charge in [-0.3, -0.25) is 4.68 Å². The van der Waals surface area contributed by atoms with Gasteiger partial charge in [0, 0.05) is 11.4 Å². The Morgan fingerprint density at radius 1 is 1.32 bits per heavy atom. The summed E-state index contributed by atoms with van der Waals surface area (Å²) in [4.78, 5) is 1.27. The van der Waals surface area contributed by atoms with E-state index in [9.17, 15) is 0 Å². The van der Waals surface area contributed by atoms with Gasteiger partial charge in [0.25, 0.3) is 0 Å². The highest BCUT2D eigenvalue weighted by molar-refractivity contribution is 7.99. The molecule has 4 heteroatoms. The second-order valence-corrected chi connectivity index (χ2v) is 6.07. The minimum absolute atomic E-state index is 0.812. The summed E-state index contributed by atoms with van der Waals surface area (Å²) in [5.74, 6) is 0. The number of nitrogen functional groups attached to an aromatic ring is 1. The van der Waals surface area contributed by atoms with E-state index in [1.807, 2.05) is 11.6 Å². The molecular weight excluding hydrogens is 254 g/mol. The summed E-state index contributed by atoms with van der Waals surface area (Å²) in [5, 5.41) is 5.54. The Kier molecular flexibility index (Phi) is 3.27. The van der Waals surface area contributed by atoms with Crippen LogP contribution in [0.4, 0.5) is 5.69 Å². The number of hydrogen-bond acceptors (Lipinski definition) is 3. The SMILES string of the molecule is CCn1nc(C)c(N)c1Sc1ccc2c(c1)CCC2. The predicted octanol–water partition coefficient (Wildman–Crippen LogP) is 3.43. The Labute approximate surface area is 118 Å². The van der Waals surface area contributed by atoms with E-state index in [1.54, 1.807) is 11.8 Å². The highest BCUT2D eigenvalue weighted by atomic mass is 32.2. The molecule has 3 rings (SSSR count). The van der Waals surface area contributed by atoms with Gasteiger partial charge < -0.3 is 5.73 Å². The molecule has 1 heterocycles. The molecule has 2 aromatic rings. The van der Waals surface area contributed by atoms with Crippen LogP contribution >= 0.6 is 11.8 Å². The third kappa shape index (κ3) is 2.25. The van der Waals surface area contributed by atoms with Gasteiger partial charge in [-0.25, -0.2) is 0 Å². The number of aryl methyl sites for hydroxylation is 4. The van der Waals surface area contributed by atoms with E-state index >= 15 is 0 Å². The third-order valence-electron chi connectivity index (χ3n) is 3.71. The van der Waals surface area contributed by atoms with Gasteiger partial charge in [-0.2, -0.15) is 5.10 Å². The van der Waals surface area contributed by atoms with Gasteiger partial charge in [0.2, 0.25) is 0 Å². The van der Waals surface area contributed by atoms with Gasteiger partial charge in [0.05, 0.1) is 11.4 Å². The van der Waals surface area contributed by atoms with E-state index in [0.29, 0.717) is 0 Å². The van der Waals surface area contributed by atoms with Crippen molar-refractivity contribution in [2.24, 2.45) is 0 Å². The molecule has 2 N–H and O–H groups in total. The van der Waals surface area contributed by atoms with Crippen LogP contribution in [0.3, 0.4) is 0 Å². The molecule has 0 spiro atoms. The van der Waals surface area contributed by atoms with E-state index in [4.69, 9.17) is 5.73 Å². The topological polar surface area (TPSA) is 43.8 Å². The average Bonchev–Trinajstić information content (AvgIpc) is 2.98. The van der Waals surface area contributed by atoms with Crippen molar-refractivity contribution in [3.8, 4) is 0 Å². The summed E-state index contributed by atoms with van der Waals surface area (Å²) in [6.45, 7) is 4.91. The first-order valence-corrected chi connectivity index (χ1v) is 7.63. The molecule has 0 bridgehead atoms. The zero-order valence-electron chi connectivity index (χ0n) is 11.4. The molecule has 1 aromatic heterocycles. The van der Waals surface area contributed by atoms with Crippen LogP contribution in [0.25, 0.3) is 0 Å². The van der Waals surface area contributed by atoms with Crippen LogP contribution in [0.1, 0.15) is 30.2 Å². The molecule has 100 valence electrons. The molecule has 1 aliphatic carbocycles. The van der Waals surface area contributed by atoms with Gasteiger partial charge in [0.15, 0.2) is 0 Å². The van der Waals surface area contributed by atoms with E-state index in [1.165, 1.54) is 35.3 Å². The molecule has 0 saturated carbocycles. The number of anilines is 1. The first-order chi connectivity index (χ1) is 9.19. The fraction of sp³-hybridized carbons (Fsp3) is 0.400. The number of benzene rings is 1. The van der Waals surface area contributed by atoms with Gasteiger partial charge in [0.1, 0.15) is 5.03 Å². The first-order valence-electron chi connectivity index (χ1n) is 6.81. The molecule has 0 atom stereocenters. The number of nitrogens with two attached hydrogens (primary N) is 1. The summed E-state index contributed by atoms with van der Waals surface area (Å²) >= 11 is 1.73. The van der Waals surface area contributed by atoms with Crippen molar-refractivity contribution < 1.29 is 0 Å². The number of fused-ring (bicyclic) bond motifs is 1. The van der Waals surface area contributed by atoms with E-state index in [0.717, 1.165) is 23.0 Å². The van der Waals surface area contributed by atoms with Crippen molar-refractivity contribution in [2.75, 3.05) is 5.73 Å². The average molecular weight is 273 g/mol. The zero-order chi connectivity index (χ0) is 13.4. The molecule has 19 heavy (non-hydrogen) atoms. The molecule has 0 aliphatic heterocycles. The lowest BCUT2D eigenvalue weighted by Gasteiger charge is -2.07. The highest BCUT2D eigenvalue weighted by Crippen LogP contribution is 2.36. The third-order valence-corrected chi connectivity index (χ3v) is 4.82. The molecule has 0 saturated heterocycles. The Morgan fingerprint density at radius 3 is 2.89 bits per heavy atom. The largest absolute Gasteiger partial charge is 0.395 e. The van der Waals surface area contributed by atoms with Crippen LogP contribution in [0, 0.1) is 6.92 Å². The minimum Gasteiger partial charge on any atom is -0.395 e. The van der Waals surface area contributed by atoms with Gasteiger partial charge >= 0.3 is 0 Å². The molecule has 1 aliphatic rings. The van der Waals surface area contributed by atoms with Crippen LogP contribution < -0.4 is 5.73 Å². The Morgan fingerprint density at radius 2 is 2.11 bits per heavy atom. The second kappa shape index (κ2) is 4.93. The molecular formula is C15H19N3S. The van der Waals surface area contributed by atoms with Gasteiger partial charge in [-0.1, -0.05) is 17.8 Å². The molecule has 3 nitrogen and oxygen atoms in total. The summed E-state index contributed by atoms with van der Waals surface area (Å²) in [5.41, 5.74) is 10.9. The van der Waals surface area contributed by atoms with Crippen LogP contribution in [-0.4, -0.2) is 9.78 Å². The molecule has 0 radical (unpaired) electrons. The van der Waals surface area contributed by atoms with Crippen molar-refractivity contribution in [2.45, 2.75) is 49.6 Å². The summed E-state index contributed by atoms with van der Waals surface area (Å²) in [6, 6.07) is 6.78. The quantitative estimate of drug-likeness (QED) is 0.931. The normalized spacial score (nSPS) is 13.8. The second-order valence-electron chi connectivity index (χ2n) is 5.01. The standard InChI is InChI=1S/C15H19N3S/c1-3-18-15(14(16)10(2)17-18)19-13-8-7-11-5-4-6-12(11)9-13/h7-9H,3-6,16H2,1-2H3. The van der Waals surface area contributed by atoms with Gasteiger partial charge in [-0.05, 0) is 56.4 Å². The monoisotopic (exact) mass is 273 g/mol.